The molecule has 3 fully saturated rings. The summed E-state index contributed by atoms with van der Waals surface area (Å²) in [6.45, 7) is 1.93. The highest BCUT2D eigenvalue weighted by molar-refractivity contribution is 7.48. The monoisotopic (exact) mass is 449 g/mol. The van der Waals surface area contributed by atoms with Crippen LogP contribution < -0.4 is 9.47 Å². The molecule has 1 spiro atoms. The Morgan fingerprint density at radius 3 is 2.48 bits per heavy atom. The summed E-state index contributed by atoms with van der Waals surface area (Å²) < 4.78 is 41.2. The van der Waals surface area contributed by atoms with Crippen LogP contribution in [0.1, 0.15) is 44.1 Å². The van der Waals surface area contributed by atoms with E-state index in [1.807, 2.05) is 6.07 Å². The van der Waals surface area contributed by atoms with Crippen LogP contribution >= 0.6 is 7.82 Å². The molecule has 2 saturated heterocycles. The third-order valence-electron chi connectivity index (χ3n) is 7.83. The molecule has 7 nitrogen and oxygen atoms in total. The molecular formula is C23H32NO6P. The van der Waals surface area contributed by atoms with Crippen LogP contribution in [0.15, 0.2) is 30.0 Å². The zero-order valence-electron chi connectivity index (χ0n) is 18.6. The van der Waals surface area contributed by atoms with Gasteiger partial charge in [-0.05, 0) is 63.0 Å². The van der Waals surface area contributed by atoms with Crippen molar-refractivity contribution in [1.29, 1.82) is 0 Å². The fourth-order valence-corrected chi connectivity index (χ4v) is 7.11. The zero-order chi connectivity index (χ0) is 21.7. The lowest BCUT2D eigenvalue weighted by molar-refractivity contribution is -0.0551. The summed E-state index contributed by atoms with van der Waals surface area (Å²) >= 11 is 0. The van der Waals surface area contributed by atoms with Crippen LogP contribution in [-0.2, 0) is 23.6 Å². The largest absolute Gasteiger partial charge is 0.529 e. The number of likely N-dealkylation sites (tertiary alicyclic amines) is 1. The molecule has 4 aliphatic rings. The van der Waals surface area contributed by atoms with Crippen LogP contribution in [-0.4, -0.2) is 52.0 Å². The van der Waals surface area contributed by atoms with Crippen molar-refractivity contribution in [1.82, 2.24) is 4.90 Å². The molecule has 2 heterocycles. The molecule has 0 N–H and O–H groups in total. The van der Waals surface area contributed by atoms with Crippen molar-refractivity contribution < 1.29 is 27.6 Å². The Kier molecular flexibility index (Phi) is 5.37. The lowest BCUT2D eigenvalue weighted by Gasteiger charge is -2.45. The van der Waals surface area contributed by atoms with E-state index in [0.717, 1.165) is 43.7 Å². The van der Waals surface area contributed by atoms with Crippen molar-refractivity contribution in [3.8, 4) is 11.5 Å². The Labute approximate surface area is 184 Å². The van der Waals surface area contributed by atoms with Gasteiger partial charge in [0.25, 0.3) is 0 Å². The molecular weight excluding hydrogens is 417 g/mol. The summed E-state index contributed by atoms with van der Waals surface area (Å²) in [4.78, 5) is 2.37. The van der Waals surface area contributed by atoms with Gasteiger partial charge in [-0.1, -0.05) is 12.5 Å². The molecule has 0 aromatic heterocycles. The molecule has 1 saturated carbocycles. The van der Waals surface area contributed by atoms with Crippen molar-refractivity contribution in [3.63, 3.8) is 0 Å². The van der Waals surface area contributed by atoms with E-state index in [4.69, 9.17) is 23.0 Å². The molecule has 2 unspecified atom stereocenters. The number of hydrogen-bond donors (Lipinski definition) is 0. The van der Waals surface area contributed by atoms with E-state index >= 15 is 0 Å². The van der Waals surface area contributed by atoms with Gasteiger partial charge < -0.3 is 18.9 Å². The van der Waals surface area contributed by atoms with Crippen molar-refractivity contribution in [2.45, 2.75) is 50.0 Å². The smallest absolute Gasteiger partial charge is 0.493 e. The average Bonchev–Trinajstić information content (AvgIpc) is 3.10. The van der Waals surface area contributed by atoms with Gasteiger partial charge in [-0.15, -0.1) is 0 Å². The summed E-state index contributed by atoms with van der Waals surface area (Å²) in [5.74, 6) is 2.18. The van der Waals surface area contributed by atoms with E-state index in [2.05, 4.69) is 30.2 Å². The second kappa shape index (κ2) is 7.80. The van der Waals surface area contributed by atoms with Crippen LogP contribution in [0.5, 0.6) is 11.5 Å². The minimum absolute atomic E-state index is 0.0417. The van der Waals surface area contributed by atoms with Crippen LogP contribution in [0.2, 0.25) is 0 Å². The second-order valence-corrected chi connectivity index (χ2v) is 11.1. The summed E-state index contributed by atoms with van der Waals surface area (Å²) in [5.41, 5.74) is 1.25. The predicted molar refractivity (Wildman–Crippen MR) is 116 cm³/mol. The molecule has 1 aromatic carbocycles. The van der Waals surface area contributed by atoms with Gasteiger partial charge in [0, 0.05) is 23.3 Å². The molecule has 31 heavy (non-hydrogen) atoms. The molecule has 0 amide bonds. The number of fused-ring (bicyclic) bond motifs is 1. The van der Waals surface area contributed by atoms with Gasteiger partial charge >= 0.3 is 7.82 Å². The average molecular weight is 449 g/mol. The number of phosphoric acid groups is 1. The van der Waals surface area contributed by atoms with Crippen molar-refractivity contribution in [2.24, 2.45) is 5.41 Å². The van der Waals surface area contributed by atoms with Crippen LogP contribution in [0, 0.1) is 5.41 Å². The first-order valence-corrected chi connectivity index (χ1v) is 12.6. The first-order chi connectivity index (χ1) is 14.9. The van der Waals surface area contributed by atoms with E-state index in [-0.39, 0.29) is 16.9 Å². The number of nitrogens with zero attached hydrogens (tertiary/aromatic N) is 1. The molecule has 2 aliphatic carbocycles. The van der Waals surface area contributed by atoms with E-state index in [9.17, 15) is 4.57 Å². The van der Waals surface area contributed by atoms with E-state index in [1.54, 1.807) is 14.2 Å². The maximum Gasteiger partial charge on any atom is 0.529 e. The minimum Gasteiger partial charge on any atom is -0.493 e. The number of phosphoric ester groups is 1. The summed E-state index contributed by atoms with van der Waals surface area (Å²) in [6.07, 6.45) is 7.94. The highest BCUT2D eigenvalue weighted by atomic mass is 31.2. The fourth-order valence-electron chi connectivity index (χ4n) is 5.63. The second-order valence-electron chi connectivity index (χ2n) is 9.49. The summed E-state index contributed by atoms with van der Waals surface area (Å²) in [5, 5.41) is 0. The summed E-state index contributed by atoms with van der Waals surface area (Å²) in [6, 6.07) is 6.45. The topological polar surface area (TPSA) is 66.5 Å². The SMILES string of the molecule is COc1ccc(C23CC=C(OP4(=O)OCC5(CCC5)CO4)CC2N(C)CC3)cc1OC. The van der Waals surface area contributed by atoms with Gasteiger partial charge in [0.2, 0.25) is 0 Å². The Morgan fingerprint density at radius 2 is 1.84 bits per heavy atom. The Morgan fingerprint density at radius 1 is 1.10 bits per heavy atom. The number of hydrogen-bond acceptors (Lipinski definition) is 7. The summed E-state index contributed by atoms with van der Waals surface area (Å²) in [7, 11) is 1.93. The molecule has 8 heteroatoms. The van der Waals surface area contributed by atoms with Crippen molar-refractivity contribution in [3.05, 3.63) is 35.6 Å². The lowest BCUT2D eigenvalue weighted by Crippen LogP contribution is -2.44. The number of likely N-dealkylation sites (N-methyl/N-ethyl adjacent to an activating group) is 1. The maximum absolute atomic E-state index is 13.1. The van der Waals surface area contributed by atoms with Gasteiger partial charge in [0.05, 0.1) is 27.4 Å². The number of benzene rings is 1. The van der Waals surface area contributed by atoms with Crippen molar-refractivity contribution >= 4 is 7.82 Å². The lowest BCUT2D eigenvalue weighted by atomic mass is 9.68. The molecule has 170 valence electrons. The Hall–Kier alpha value is -1.53. The molecule has 5 rings (SSSR count). The normalized spacial score (nSPS) is 31.5. The van der Waals surface area contributed by atoms with Gasteiger partial charge in [-0.3, -0.25) is 9.05 Å². The molecule has 2 atom stereocenters. The van der Waals surface area contributed by atoms with Gasteiger partial charge in [-0.2, -0.15) is 0 Å². The number of rotatable bonds is 5. The minimum atomic E-state index is -3.54. The molecule has 1 aromatic rings. The predicted octanol–water partition coefficient (Wildman–Crippen LogP) is 4.67. The zero-order valence-corrected chi connectivity index (χ0v) is 19.5. The maximum atomic E-state index is 13.1. The number of methoxy groups -OCH3 is 2. The van der Waals surface area contributed by atoms with Gasteiger partial charge in [0.15, 0.2) is 11.5 Å². The molecule has 0 radical (unpaired) electrons. The van der Waals surface area contributed by atoms with Crippen LogP contribution in [0.3, 0.4) is 0 Å². The number of allylic oxidation sites excluding steroid dienone is 1. The first kappa shape index (κ1) is 21.3. The van der Waals surface area contributed by atoms with E-state index in [1.165, 1.54) is 12.0 Å². The Bertz CT molecular complexity index is 915. The van der Waals surface area contributed by atoms with E-state index in [0.29, 0.717) is 25.4 Å². The highest BCUT2D eigenvalue weighted by Crippen LogP contribution is 2.61. The Balaban J connectivity index is 1.36. The third kappa shape index (κ3) is 3.60. The van der Waals surface area contributed by atoms with Crippen LogP contribution in [0.4, 0.5) is 0 Å². The van der Waals surface area contributed by atoms with Crippen molar-refractivity contribution in [2.75, 3.05) is 41.0 Å². The first-order valence-electron chi connectivity index (χ1n) is 11.1. The van der Waals surface area contributed by atoms with Gasteiger partial charge in [-0.25, -0.2) is 4.57 Å². The standard InChI is InChI=1S/C23H32NO6P/c1-24-12-11-23(17-5-6-19(26-2)20(13-17)27-3)10-7-18(14-21(23)24)30-31(25)28-15-22(16-29-31)8-4-9-22/h5-7,13,21H,4,8-12,14-16H2,1-3H3. The number of ether oxygens (including phenoxy) is 2. The van der Waals surface area contributed by atoms with E-state index < -0.39 is 7.82 Å². The quantitative estimate of drug-likeness (QED) is 0.606. The highest BCUT2D eigenvalue weighted by Gasteiger charge is 2.51. The van der Waals surface area contributed by atoms with Gasteiger partial charge in [0.1, 0.15) is 5.76 Å². The fraction of sp³-hybridized carbons (Fsp3) is 0.652. The van der Waals surface area contributed by atoms with Crippen LogP contribution in [0.25, 0.3) is 0 Å². The molecule has 2 aliphatic heterocycles. The molecule has 0 bridgehead atoms. The third-order valence-corrected chi connectivity index (χ3v) is 9.18.